The molecule has 2 fully saturated rings. The van der Waals surface area contributed by atoms with E-state index in [4.69, 9.17) is 16.3 Å². The Hall–Kier alpha value is -4.69. The van der Waals surface area contributed by atoms with Crippen molar-refractivity contribution in [2.45, 2.75) is 18.9 Å². The SMILES string of the molecule is [C-]#[N+]C[C@H]1CN(c2nc(OCC3(CN(C)C)CC3)nc3nc(-c4cccc5cccc(F)c45)c(F)cc23)CCN1C(=O)C=C. The van der Waals surface area contributed by atoms with Crippen LogP contribution in [0, 0.1) is 23.6 Å². The minimum Gasteiger partial charge on any atom is -0.463 e. The van der Waals surface area contributed by atoms with E-state index in [-0.39, 0.29) is 40.6 Å². The number of halogens is 2. The number of carbonyl (C=O) groups is 1. The minimum atomic E-state index is -0.645. The Morgan fingerprint density at radius 2 is 1.93 bits per heavy atom. The summed E-state index contributed by atoms with van der Waals surface area (Å²) in [6, 6.07) is 10.9. The molecule has 0 radical (unpaired) electrons. The maximum Gasteiger partial charge on any atom is 0.320 e. The summed E-state index contributed by atoms with van der Waals surface area (Å²) in [6.45, 7) is 13.4. The third-order valence-corrected chi connectivity index (χ3v) is 8.37. The van der Waals surface area contributed by atoms with Crippen molar-refractivity contribution in [2.24, 2.45) is 5.41 Å². The van der Waals surface area contributed by atoms with Gasteiger partial charge >= 0.3 is 6.01 Å². The fourth-order valence-corrected chi connectivity index (χ4v) is 6.11. The first-order chi connectivity index (χ1) is 21.2. The molecular weight excluding hydrogens is 564 g/mol. The smallest absolute Gasteiger partial charge is 0.320 e. The van der Waals surface area contributed by atoms with Gasteiger partial charge in [-0.2, -0.15) is 9.97 Å². The van der Waals surface area contributed by atoms with Gasteiger partial charge in [0.05, 0.1) is 12.0 Å². The van der Waals surface area contributed by atoms with E-state index in [1.54, 1.807) is 35.2 Å². The van der Waals surface area contributed by atoms with Crippen LogP contribution >= 0.6 is 0 Å². The van der Waals surface area contributed by atoms with Gasteiger partial charge in [0, 0.05) is 42.5 Å². The first-order valence-corrected chi connectivity index (χ1v) is 14.6. The molecule has 0 N–H and O–H groups in total. The lowest BCUT2D eigenvalue weighted by molar-refractivity contribution is -0.128. The number of carbonyl (C=O) groups excluding carboxylic acids is 1. The van der Waals surface area contributed by atoms with Crippen LogP contribution in [0.5, 0.6) is 6.01 Å². The molecule has 1 aliphatic heterocycles. The van der Waals surface area contributed by atoms with Crippen LogP contribution in [0.4, 0.5) is 14.6 Å². The quantitative estimate of drug-likeness (QED) is 0.199. The van der Waals surface area contributed by atoms with Crippen molar-refractivity contribution in [1.29, 1.82) is 0 Å². The van der Waals surface area contributed by atoms with Crippen LogP contribution in [0.2, 0.25) is 0 Å². The van der Waals surface area contributed by atoms with Crippen LogP contribution in [0.15, 0.2) is 55.1 Å². The van der Waals surface area contributed by atoms with Crippen molar-refractivity contribution >= 4 is 33.5 Å². The highest BCUT2D eigenvalue weighted by molar-refractivity contribution is 5.98. The zero-order chi connectivity index (χ0) is 31.0. The Morgan fingerprint density at radius 1 is 1.16 bits per heavy atom. The molecule has 0 unspecified atom stereocenters. The van der Waals surface area contributed by atoms with Crippen molar-refractivity contribution in [2.75, 3.05) is 58.3 Å². The highest BCUT2D eigenvalue weighted by Crippen LogP contribution is 2.46. The van der Waals surface area contributed by atoms with E-state index in [2.05, 4.69) is 26.3 Å². The Morgan fingerprint density at radius 3 is 2.64 bits per heavy atom. The molecule has 2 aromatic heterocycles. The second kappa shape index (κ2) is 11.8. The number of rotatable bonds is 9. The number of nitrogens with zero attached hydrogens (tertiary/aromatic N) is 7. The lowest BCUT2D eigenvalue weighted by Gasteiger charge is -2.39. The van der Waals surface area contributed by atoms with Crippen LogP contribution in [0.1, 0.15) is 12.8 Å². The second-order valence-corrected chi connectivity index (χ2v) is 11.9. The van der Waals surface area contributed by atoms with Crippen molar-refractivity contribution < 1.29 is 18.3 Å². The highest BCUT2D eigenvalue weighted by atomic mass is 19.1. The lowest BCUT2D eigenvalue weighted by Crippen LogP contribution is -2.56. The number of aromatic nitrogens is 3. The van der Waals surface area contributed by atoms with E-state index >= 15 is 8.78 Å². The molecular formula is C33H33F2N7O2. The molecule has 3 heterocycles. The third-order valence-electron chi connectivity index (χ3n) is 8.37. The van der Waals surface area contributed by atoms with Gasteiger partial charge in [-0.15, -0.1) is 0 Å². The predicted molar refractivity (Wildman–Crippen MR) is 165 cm³/mol. The molecule has 1 atom stereocenters. The summed E-state index contributed by atoms with van der Waals surface area (Å²) in [7, 11) is 4.05. The first kappa shape index (κ1) is 29.4. The van der Waals surface area contributed by atoms with E-state index < -0.39 is 17.7 Å². The average molecular weight is 598 g/mol. The van der Waals surface area contributed by atoms with Gasteiger partial charge in [-0.05, 0) is 50.5 Å². The number of hydrogen-bond donors (Lipinski definition) is 0. The Kier molecular flexibility index (Phi) is 7.86. The first-order valence-electron chi connectivity index (χ1n) is 14.6. The largest absolute Gasteiger partial charge is 0.463 e. The third kappa shape index (κ3) is 5.65. The second-order valence-electron chi connectivity index (χ2n) is 11.9. The summed E-state index contributed by atoms with van der Waals surface area (Å²) in [4.78, 5) is 35.7. The minimum absolute atomic E-state index is 0.0151. The van der Waals surface area contributed by atoms with Crippen LogP contribution in [-0.2, 0) is 4.79 Å². The molecule has 1 saturated carbocycles. The Labute approximate surface area is 254 Å². The Balaban J connectivity index is 1.45. The number of benzene rings is 2. The summed E-state index contributed by atoms with van der Waals surface area (Å²) < 4.78 is 37.2. The van der Waals surface area contributed by atoms with E-state index in [0.717, 1.165) is 19.4 Å². The van der Waals surface area contributed by atoms with Gasteiger partial charge in [-0.1, -0.05) is 36.9 Å². The number of amides is 1. The molecule has 44 heavy (non-hydrogen) atoms. The number of ether oxygens (including phenoxy) is 1. The molecule has 4 aromatic rings. The van der Waals surface area contributed by atoms with Crippen molar-refractivity contribution in [3.05, 3.63) is 78.2 Å². The number of fused-ring (bicyclic) bond motifs is 2. The van der Waals surface area contributed by atoms with Gasteiger partial charge in [-0.25, -0.2) is 20.3 Å². The molecule has 11 heteroatoms. The molecule has 0 spiro atoms. The molecule has 1 saturated heterocycles. The monoisotopic (exact) mass is 597 g/mol. The van der Waals surface area contributed by atoms with Crippen LogP contribution in [0.25, 0.3) is 37.9 Å². The summed E-state index contributed by atoms with van der Waals surface area (Å²) >= 11 is 0. The zero-order valence-corrected chi connectivity index (χ0v) is 24.8. The number of hydrogen-bond acceptors (Lipinski definition) is 7. The molecule has 2 aromatic carbocycles. The summed E-state index contributed by atoms with van der Waals surface area (Å²) in [6.07, 6.45) is 3.31. The standard InChI is InChI=1S/C33H33F2N7O2/c1-5-27(43)42-15-14-41(18-22(42)17-36-2)31-24-16-26(35)29(23-10-6-8-21-9-7-11-25(34)28(21)23)37-30(24)38-32(39-31)44-20-33(12-13-33)19-40(3)4/h5-11,16,22H,1,12-15,17-20H2,3-4H3/t22-/m0/s1. The van der Waals surface area contributed by atoms with E-state index in [1.807, 2.05) is 19.0 Å². The highest BCUT2D eigenvalue weighted by Gasteiger charge is 2.44. The average Bonchev–Trinajstić information content (AvgIpc) is 3.77. The Bertz CT molecular complexity index is 1800. The molecule has 2 aliphatic rings. The summed E-state index contributed by atoms with van der Waals surface area (Å²) in [5.41, 5.74) is 0.515. The maximum atomic E-state index is 16.0. The molecule has 9 nitrogen and oxygen atoms in total. The number of pyridine rings is 1. The van der Waals surface area contributed by atoms with Crippen molar-refractivity contribution in [3.8, 4) is 17.3 Å². The van der Waals surface area contributed by atoms with Gasteiger partial charge in [-0.3, -0.25) is 4.79 Å². The lowest BCUT2D eigenvalue weighted by atomic mass is 10.0. The van der Waals surface area contributed by atoms with E-state index in [9.17, 15) is 4.79 Å². The summed E-state index contributed by atoms with van der Waals surface area (Å²) in [5.74, 6) is -0.955. The van der Waals surface area contributed by atoms with Crippen LogP contribution in [0.3, 0.4) is 0 Å². The fraction of sp³-hybridized carbons (Fsp3) is 0.364. The molecule has 1 aliphatic carbocycles. The molecule has 6 rings (SSSR count). The van der Waals surface area contributed by atoms with Crippen molar-refractivity contribution in [3.63, 3.8) is 0 Å². The van der Waals surface area contributed by atoms with Gasteiger partial charge in [0.25, 0.3) is 0 Å². The van der Waals surface area contributed by atoms with Gasteiger partial charge in [0.15, 0.2) is 5.65 Å². The predicted octanol–water partition coefficient (Wildman–Crippen LogP) is 4.97. The molecule has 226 valence electrons. The van der Waals surface area contributed by atoms with Gasteiger partial charge < -0.3 is 24.3 Å². The van der Waals surface area contributed by atoms with E-state index in [1.165, 1.54) is 18.2 Å². The molecule has 0 bridgehead atoms. The fourth-order valence-electron chi connectivity index (χ4n) is 6.11. The normalized spacial score (nSPS) is 17.6. The zero-order valence-electron chi connectivity index (χ0n) is 24.8. The molecule has 1 amide bonds. The van der Waals surface area contributed by atoms with E-state index in [0.29, 0.717) is 48.4 Å². The maximum absolute atomic E-state index is 16.0. The summed E-state index contributed by atoms with van der Waals surface area (Å²) in [5, 5.41) is 1.26. The topological polar surface area (TPSA) is 79.1 Å². The number of piperazine rings is 1. The van der Waals surface area contributed by atoms with Crippen LogP contribution < -0.4 is 9.64 Å². The van der Waals surface area contributed by atoms with Crippen molar-refractivity contribution in [1.82, 2.24) is 24.8 Å². The van der Waals surface area contributed by atoms with Crippen LogP contribution in [-0.4, -0.2) is 90.1 Å². The van der Waals surface area contributed by atoms with Gasteiger partial charge in [0.2, 0.25) is 12.5 Å². The van der Waals surface area contributed by atoms with Gasteiger partial charge in [0.1, 0.15) is 29.2 Å². The number of anilines is 1.